The van der Waals surface area contributed by atoms with Crippen LogP contribution in [0.1, 0.15) is 5.56 Å². The van der Waals surface area contributed by atoms with Crippen molar-refractivity contribution in [2.24, 2.45) is 0 Å². The van der Waals surface area contributed by atoms with Crippen molar-refractivity contribution in [2.45, 2.75) is 6.54 Å². The predicted octanol–water partition coefficient (Wildman–Crippen LogP) is 2.41. The minimum absolute atomic E-state index is 0.131. The zero-order chi connectivity index (χ0) is 19.3. The number of halogens is 2. The van der Waals surface area contributed by atoms with Gasteiger partial charge in [0.1, 0.15) is 12.4 Å². The summed E-state index contributed by atoms with van der Waals surface area (Å²) in [6.07, 6.45) is 0. The van der Waals surface area contributed by atoms with Crippen molar-refractivity contribution >= 4 is 33.4 Å². The SMILES string of the molecule is CN(C)S(=O)(=O)N(CC(=O)NCc1ccccc1Cl)c1ccccc1F. The second-order valence-corrected chi connectivity index (χ2v) is 8.09. The lowest BCUT2D eigenvalue weighted by Gasteiger charge is -2.27. The van der Waals surface area contributed by atoms with E-state index in [0.717, 1.165) is 14.7 Å². The Morgan fingerprint density at radius 1 is 1.12 bits per heavy atom. The van der Waals surface area contributed by atoms with Crippen LogP contribution in [0.25, 0.3) is 0 Å². The van der Waals surface area contributed by atoms with Crippen LogP contribution in [-0.2, 0) is 21.5 Å². The van der Waals surface area contributed by atoms with Gasteiger partial charge in [-0.2, -0.15) is 12.7 Å². The average Bonchev–Trinajstić information content (AvgIpc) is 2.59. The van der Waals surface area contributed by atoms with Gasteiger partial charge in [0.25, 0.3) is 0 Å². The van der Waals surface area contributed by atoms with Gasteiger partial charge in [-0.1, -0.05) is 41.9 Å². The first-order valence-corrected chi connectivity index (χ1v) is 9.46. The number of para-hydroxylation sites is 1. The highest BCUT2D eigenvalue weighted by Gasteiger charge is 2.29. The zero-order valence-corrected chi connectivity index (χ0v) is 15.9. The number of anilines is 1. The Balaban J connectivity index is 2.21. The van der Waals surface area contributed by atoms with E-state index >= 15 is 0 Å². The molecule has 9 heteroatoms. The summed E-state index contributed by atoms with van der Waals surface area (Å²) in [5, 5.41) is 3.09. The summed E-state index contributed by atoms with van der Waals surface area (Å²) in [7, 11) is -1.44. The van der Waals surface area contributed by atoms with Crippen LogP contribution < -0.4 is 9.62 Å². The first-order valence-electron chi connectivity index (χ1n) is 7.68. The summed E-state index contributed by atoms with van der Waals surface area (Å²) in [5.41, 5.74) is 0.490. The molecule has 0 spiro atoms. The van der Waals surface area contributed by atoms with Gasteiger partial charge in [0, 0.05) is 25.7 Å². The number of carbonyl (C=O) groups excluding carboxylic acids is 1. The van der Waals surface area contributed by atoms with E-state index in [1.807, 2.05) is 0 Å². The molecule has 0 aliphatic heterocycles. The Morgan fingerprint density at radius 3 is 2.35 bits per heavy atom. The van der Waals surface area contributed by atoms with Crippen molar-refractivity contribution in [3.05, 3.63) is 64.9 Å². The second kappa shape index (κ2) is 8.48. The Morgan fingerprint density at radius 2 is 1.73 bits per heavy atom. The number of nitrogens with one attached hydrogen (secondary N) is 1. The molecule has 0 unspecified atom stereocenters. The molecule has 6 nitrogen and oxygen atoms in total. The van der Waals surface area contributed by atoms with Gasteiger partial charge in [0.2, 0.25) is 5.91 Å². The summed E-state index contributed by atoms with van der Waals surface area (Å²) in [5.74, 6) is -1.32. The molecule has 0 radical (unpaired) electrons. The topological polar surface area (TPSA) is 69.7 Å². The molecule has 0 aliphatic rings. The Hall–Kier alpha value is -2.16. The van der Waals surface area contributed by atoms with Gasteiger partial charge in [0.15, 0.2) is 0 Å². The molecule has 140 valence electrons. The van der Waals surface area contributed by atoms with Crippen LogP contribution >= 0.6 is 11.6 Å². The lowest BCUT2D eigenvalue weighted by Crippen LogP contribution is -2.46. The third-order valence-electron chi connectivity index (χ3n) is 3.58. The van der Waals surface area contributed by atoms with Crippen LogP contribution in [0.3, 0.4) is 0 Å². The zero-order valence-electron chi connectivity index (χ0n) is 14.3. The predicted molar refractivity (Wildman–Crippen MR) is 99.7 cm³/mol. The molecule has 0 bridgehead atoms. The minimum Gasteiger partial charge on any atom is -0.350 e. The van der Waals surface area contributed by atoms with E-state index in [1.165, 1.54) is 32.3 Å². The maximum atomic E-state index is 14.1. The van der Waals surface area contributed by atoms with E-state index in [4.69, 9.17) is 11.6 Å². The monoisotopic (exact) mass is 399 g/mol. The third kappa shape index (κ3) is 4.72. The third-order valence-corrected chi connectivity index (χ3v) is 5.76. The fourth-order valence-corrected chi connectivity index (χ4v) is 3.44. The molecule has 1 amide bonds. The second-order valence-electron chi connectivity index (χ2n) is 5.62. The first-order chi connectivity index (χ1) is 12.2. The van der Waals surface area contributed by atoms with Crippen LogP contribution in [0.15, 0.2) is 48.5 Å². The highest BCUT2D eigenvalue weighted by molar-refractivity contribution is 7.90. The van der Waals surface area contributed by atoms with Crippen LogP contribution in [0.4, 0.5) is 10.1 Å². The molecule has 1 N–H and O–H groups in total. The molecule has 0 aliphatic carbocycles. The summed E-state index contributed by atoms with van der Waals surface area (Å²) in [6.45, 7) is -0.433. The van der Waals surface area contributed by atoms with Crippen LogP contribution in [0, 0.1) is 5.82 Å². The fourth-order valence-electron chi connectivity index (χ4n) is 2.16. The number of hydrogen-bond donors (Lipinski definition) is 1. The van der Waals surface area contributed by atoms with Crippen molar-refractivity contribution in [3.63, 3.8) is 0 Å². The van der Waals surface area contributed by atoms with Gasteiger partial charge in [-0.25, -0.2) is 8.70 Å². The van der Waals surface area contributed by atoms with Crippen molar-refractivity contribution in [3.8, 4) is 0 Å². The van der Waals surface area contributed by atoms with Gasteiger partial charge >= 0.3 is 10.2 Å². The molecule has 2 rings (SSSR count). The molecule has 26 heavy (non-hydrogen) atoms. The van der Waals surface area contributed by atoms with Crippen molar-refractivity contribution in [2.75, 3.05) is 24.9 Å². The number of amides is 1. The number of benzene rings is 2. The summed E-state index contributed by atoms with van der Waals surface area (Å²) < 4.78 is 40.8. The van der Waals surface area contributed by atoms with Crippen LogP contribution in [0.5, 0.6) is 0 Å². The van der Waals surface area contributed by atoms with E-state index < -0.39 is 28.5 Å². The summed E-state index contributed by atoms with van der Waals surface area (Å²) >= 11 is 6.03. The molecule has 0 fully saturated rings. The molecule has 0 saturated carbocycles. The maximum Gasteiger partial charge on any atom is 0.304 e. The number of hydrogen-bond acceptors (Lipinski definition) is 3. The largest absolute Gasteiger partial charge is 0.350 e. The smallest absolute Gasteiger partial charge is 0.304 e. The van der Waals surface area contributed by atoms with E-state index in [1.54, 1.807) is 24.3 Å². The van der Waals surface area contributed by atoms with Gasteiger partial charge in [-0.15, -0.1) is 0 Å². The lowest BCUT2D eigenvalue weighted by atomic mass is 10.2. The fraction of sp³-hybridized carbons (Fsp3) is 0.235. The first kappa shape index (κ1) is 20.2. The molecule has 2 aromatic rings. The standard InChI is InChI=1S/C17H19ClFN3O3S/c1-21(2)26(24,25)22(16-10-6-5-9-15(16)19)12-17(23)20-11-13-7-3-4-8-14(13)18/h3-10H,11-12H2,1-2H3,(H,20,23). The van der Waals surface area contributed by atoms with E-state index in [2.05, 4.69) is 5.32 Å². The van der Waals surface area contributed by atoms with Gasteiger partial charge in [-0.05, 0) is 23.8 Å². The Kier molecular flexibility index (Phi) is 6.57. The molecular formula is C17H19ClFN3O3S. The van der Waals surface area contributed by atoms with E-state index in [9.17, 15) is 17.6 Å². The van der Waals surface area contributed by atoms with Crippen molar-refractivity contribution in [1.82, 2.24) is 9.62 Å². The quantitative estimate of drug-likeness (QED) is 0.777. The highest BCUT2D eigenvalue weighted by Crippen LogP contribution is 2.22. The highest BCUT2D eigenvalue weighted by atomic mass is 35.5. The molecule has 0 atom stereocenters. The Bertz CT molecular complexity index is 890. The molecule has 0 saturated heterocycles. The van der Waals surface area contributed by atoms with Gasteiger partial charge in [0.05, 0.1) is 5.69 Å². The molecular weight excluding hydrogens is 381 g/mol. The van der Waals surface area contributed by atoms with E-state index in [-0.39, 0.29) is 12.2 Å². The summed E-state index contributed by atoms with van der Waals surface area (Å²) in [6, 6.07) is 12.3. The van der Waals surface area contributed by atoms with Crippen molar-refractivity contribution < 1.29 is 17.6 Å². The Labute approximate surface area is 157 Å². The lowest BCUT2D eigenvalue weighted by molar-refractivity contribution is -0.119. The number of nitrogens with zero attached hydrogens (tertiary/aromatic N) is 2. The van der Waals surface area contributed by atoms with Crippen LogP contribution in [0.2, 0.25) is 5.02 Å². The average molecular weight is 400 g/mol. The molecule has 0 heterocycles. The van der Waals surface area contributed by atoms with Crippen LogP contribution in [-0.4, -0.2) is 39.3 Å². The number of rotatable bonds is 7. The number of carbonyl (C=O) groups is 1. The molecule has 0 aromatic heterocycles. The maximum absolute atomic E-state index is 14.1. The normalized spacial score (nSPS) is 11.4. The van der Waals surface area contributed by atoms with E-state index in [0.29, 0.717) is 10.6 Å². The van der Waals surface area contributed by atoms with Gasteiger partial charge in [-0.3, -0.25) is 4.79 Å². The molecule has 2 aromatic carbocycles. The van der Waals surface area contributed by atoms with Gasteiger partial charge < -0.3 is 5.32 Å². The van der Waals surface area contributed by atoms with Crippen molar-refractivity contribution in [1.29, 1.82) is 0 Å². The summed E-state index contributed by atoms with van der Waals surface area (Å²) in [4.78, 5) is 12.3. The minimum atomic E-state index is -4.06.